The molecular formula is C116H110N18O4. The van der Waals surface area contributed by atoms with E-state index in [1.807, 2.05) is 72.9 Å². The highest BCUT2D eigenvalue weighted by molar-refractivity contribution is 5.95. The highest BCUT2D eigenvalue weighted by Crippen LogP contribution is 2.35. The van der Waals surface area contributed by atoms with E-state index in [0.29, 0.717) is 64.1 Å². The summed E-state index contributed by atoms with van der Waals surface area (Å²) in [6.07, 6.45) is 19.9. The fourth-order valence-electron chi connectivity index (χ4n) is 20.4. The van der Waals surface area contributed by atoms with Gasteiger partial charge in [0.1, 0.15) is 17.5 Å². The van der Waals surface area contributed by atoms with Crippen LogP contribution in [0, 0.1) is 11.8 Å². The van der Waals surface area contributed by atoms with Crippen molar-refractivity contribution in [3.05, 3.63) is 431 Å². The molecule has 8 aromatic heterocycles. The Bertz CT molecular complexity index is 7800. The first-order chi connectivity index (χ1) is 68.1. The molecule has 0 radical (unpaired) electrons. The molecule has 22 heteroatoms. The number of carbonyl (C=O) groups excluding carboxylic acids is 3. The molecule has 2 fully saturated rings. The average Bonchev–Trinajstić information content (AvgIpc) is 1.62. The molecule has 2 saturated heterocycles. The summed E-state index contributed by atoms with van der Waals surface area (Å²) in [6, 6.07) is 105. The lowest BCUT2D eigenvalue weighted by Gasteiger charge is -2.26. The van der Waals surface area contributed by atoms with Crippen LogP contribution >= 0.6 is 0 Å². The molecule has 2 aliphatic heterocycles. The zero-order valence-corrected chi connectivity index (χ0v) is 77.0. The fraction of sp³-hybridized carbons (Fsp3) is 0.216. The van der Waals surface area contributed by atoms with Crippen molar-refractivity contribution in [1.29, 1.82) is 0 Å². The highest BCUT2D eigenvalue weighted by Gasteiger charge is 2.33. The molecular weight excluding hydrogens is 1710 g/mol. The van der Waals surface area contributed by atoms with E-state index in [2.05, 4.69) is 327 Å². The number of carbonyl (C=O) groups is 3. The van der Waals surface area contributed by atoms with Crippen LogP contribution in [0.4, 0.5) is 0 Å². The predicted molar refractivity (Wildman–Crippen MR) is 548 cm³/mol. The van der Waals surface area contributed by atoms with Crippen LogP contribution in [0.15, 0.2) is 340 Å². The summed E-state index contributed by atoms with van der Waals surface area (Å²) in [7, 11) is 0. The minimum Gasteiger partial charge on any atom is -0.381 e. The third kappa shape index (κ3) is 19.8. The maximum Gasteiger partial charge on any atom is 0.251 e. The van der Waals surface area contributed by atoms with Crippen LogP contribution in [0.5, 0.6) is 0 Å². The van der Waals surface area contributed by atoms with Gasteiger partial charge in [-0.3, -0.25) is 14.4 Å². The lowest BCUT2D eigenvalue weighted by Crippen LogP contribution is -2.41. The number of piperidine rings is 1. The number of ether oxygens (including phenoxy) is 1. The van der Waals surface area contributed by atoms with Crippen molar-refractivity contribution in [2.45, 2.75) is 121 Å². The summed E-state index contributed by atoms with van der Waals surface area (Å²) in [6.45, 7) is 4.77. The standard InChI is InChI=1S/C40H34N6O.C39H39N7O.C37H37N5O2/c47-40(28-12-2-1-3-13-28)43-37(23-31-25-42-36-20-9-7-18-34(31)36)39-45-44-38(22-21-29-24-41-35-19-8-6-17-33(29)35)46(39)26-30-15-10-14-27-11-4-5-16-32(27)30;47-39(27-18-20-40-21-19-27)43-36(22-30-24-42-35-15-6-4-13-33(30)35)38-45-44-37(17-16-28-23-41-34-14-5-3-12-32(28)34)46(38)25-29-10-7-9-26-8-1-2-11-31(26)29;43-37(28-19-21-44-22-20-28)39-34(23-30-24-38-33-16-7-6-15-32(30)33)36-41-40-35(18-17-26-9-2-1-3-10-26)42(36)25-29-13-8-12-27-11-4-5-14-31(27)29/h1-20,24-25,37,41-42H,21-23,26H2,(H,43,47);1-15,23-24,27,36,40-42H,16-22,25H2,(H,43,47);1-16,24,28,34,38H,17-23,25H2,(H,39,43)/t37-;36-;34-/m111/s1. The molecule has 2 aliphatic rings. The number of aromatic amines is 5. The van der Waals surface area contributed by atoms with Gasteiger partial charge in [0.25, 0.3) is 5.91 Å². The van der Waals surface area contributed by atoms with Crippen LogP contribution in [0.2, 0.25) is 0 Å². The number of nitrogens with one attached hydrogen (secondary N) is 9. The number of fused-ring (bicyclic) bond motifs is 8. The molecule has 0 saturated carbocycles. The maximum absolute atomic E-state index is 13.8. The normalized spacial score (nSPS) is 13.8. The number of para-hydroxylation sites is 5. The number of nitrogens with zero attached hydrogens (tertiary/aromatic N) is 9. The minimum atomic E-state index is -0.425. The molecule has 0 spiro atoms. The van der Waals surface area contributed by atoms with Crippen molar-refractivity contribution in [3.63, 3.8) is 0 Å². The van der Waals surface area contributed by atoms with Gasteiger partial charge in [-0.15, -0.1) is 30.6 Å². The summed E-state index contributed by atoms with van der Waals surface area (Å²) >= 11 is 0. The first-order valence-corrected chi connectivity index (χ1v) is 48.3. The quantitative estimate of drug-likeness (QED) is 0.0204. The second-order valence-corrected chi connectivity index (χ2v) is 36.4. The maximum atomic E-state index is 13.8. The second kappa shape index (κ2) is 41.5. The van der Waals surface area contributed by atoms with E-state index in [1.165, 1.54) is 76.5 Å². The van der Waals surface area contributed by atoms with Gasteiger partial charge in [-0.05, 0) is 183 Å². The summed E-state index contributed by atoms with van der Waals surface area (Å²) in [5.41, 5.74) is 16.9. The molecule has 9 N–H and O–H groups in total. The molecule has 23 rings (SSSR count). The van der Waals surface area contributed by atoms with Crippen molar-refractivity contribution in [2.75, 3.05) is 26.3 Å². The van der Waals surface area contributed by atoms with Gasteiger partial charge in [0, 0.05) is 155 Å². The zero-order chi connectivity index (χ0) is 92.9. The Morgan fingerprint density at radius 1 is 0.297 bits per heavy atom. The van der Waals surface area contributed by atoms with Crippen molar-refractivity contribution in [3.8, 4) is 0 Å². The molecule has 10 heterocycles. The zero-order valence-electron chi connectivity index (χ0n) is 77.0. The van der Waals surface area contributed by atoms with E-state index in [4.69, 9.17) is 35.3 Å². The van der Waals surface area contributed by atoms with E-state index < -0.39 is 6.04 Å². The Labute approximate surface area is 799 Å². The van der Waals surface area contributed by atoms with Gasteiger partial charge in [0.15, 0.2) is 17.5 Å². The van der Waals surface area contributed by atoms with Crippen molar-refractivity contribution >= 4 is 105 Å². The highest BCUT2D eigenvalue weighted by atomic mass is 16.5. The predicted octanol–water partition coefficient (Wildman–Crippen LogP) is 21.1. The molecule has 0 bridgehead atoms. The molecule has 21 aromatic rings. The Morgan fingerprint density at radius 3 is 0.986 bits per heavy atom. The smallest absolute Gasteiger partial charge is 0.251 e. The van der Waals surface area contributed by atoms with Crippen molar-refractivity contribution in [1.82, 2.24) is 90.5 Å². The lowest BCUT2D eigenvalue weighted by molar-refractivity contribution is -0.129. The van der Waals surface area contributed by atoms with Gasteiger partial charge in [0.05, 0.1) is 37.8 Å². The van der Waals surface area contributed by atoms with E-state index in [9.17, 15) is 14.4 Å². The lowest BCUT2D eigenvalue weighted by atomic mass is 9.96. The molecule has 3 atom stereocenters. The average molecular weight is 1820 g/mol. The van der Waals surface area contributed by atoms with Crippen LogP contribution < -0.4 is 21.3 Å². The Hall–Kier alpha value is -15.9. The van der Waals surface area contributed by atoms with Crippen LogP contribution in [-0.4, -0.2) is 113 Å². The number of aryl methyl sites for hydroxylation is 6. The molecule has 0 unspecified atom stereocenters. The van der Waals surface area contributed by atoms with Crippen LogP contribution in [-0.2, 0) is 91.7 Å². The molecule has 138 heavy (non-hydrogen) atoms. The summed E-state index contributed by atoms with van der Waals surface area (Å²) < 4.78 is 12.3. The largest absolute Gasteiger partial charge is 0.381 e. The molecule has 13 aromatic carbocycles. The summed E-state index contributed by atoms with van der Waals surface area (Å²) in [5, 5.41) is 55.7. The van der Waals surface area contributed by atoms with Crippen LogP contribution in [0.25, 0.3) is 86.8 Å². The van der Waals surface area contributed by atoms with Crippen molar-refractivity contribution < 1.29 is 19.1 Å². The summed E-state index contributed by atoms with van der Waals surface area (Å²) in [5.74, 6) is 4.96. The second-order valence-electron chi connectivity index (χ2n) is 36.4. The van der Waals surface area contributed by atoms with Gasteiger partial charge in [-0.25, -0.2) is 0 Å². The molecule has 688 valence electrons. The fourth-order valence-corrected chi connectivity index (χ4v) is 20.4. The number of benzene rings is 13. The van der Waals surface area contributed by atoms with E-state index in [1.54, 1.807) is 0 Å². The number of hydrogen-bond donors (Lipinski definition) is 9. The van der Waals surface area contributed by atoms with Gasteiger partial charge < -0.3 is 64.6 Å². The number of aromatic nitrogens is 14. The first-order valence-electron chi connectivity index (χ1n) is 48.3. The van der Waals surface area contributed by atoms with Gasteiger partial charge >= 0.3 is 0 Å². The van der Waals surface area contributed by atoms with Crippen molar-refractivity contribution in [2.24, 2.45) is 11.8 Å². The SMILES string of the molecule is O=C(N[C@H](Cc1c[nH]c2ccccc12)c1nnc(CCc2c[nH]c3ccccc23)n1Cc1cccc2ccccc12)C1CCNCC1.O=C(N[C@H](Cc1c[nH]c2ccccc12)c1nnc(CCc2c[nH]c3ccccc23)n1Cc1cccc2ccccc12)c1ccccc1.O=C(N[C@H](Cc1c[nH]c2ccccc12)c1nnc(CCc2ccccc2)n1Cc1cccc2ccccc12)C1CCOCC1. The first kappa shape index (κ1) is 88.7. The van der Waals surface area contributed by atoms with E-state index in [0.717, 1.165) is 166 Å². The number of H-pyrrole nitrogens is 5. The Kier molecular flexibility index (Phi) is 26.7. The Balaban J connectivity index is 0.000000123. The number of hydrogen-bond acceptors (Lipinski definition) is 11. The number of amides is 3. The third-order valence-corrected chi connectivity index (χ3v) is 27.8. The molecule has 3 amide bonds. The monoisotopic (exact) mass is 1820 g/mol. The van der Waals surface area contributed by atoms with Gasteiger partial charge in [-0.1, -0.05) is 267 Å². The van der Waals surface area contributed by atoms with Gasteiger partial charge in [0.2, 0.25) is 11.8 Å². The van der Waals surface area contributed by atoms with E-state index in [-0.39, 0.29) is 41.6 Å². The topological polar surface area (TPSA) is 280 Å². The molecule has 22 nitrogen and oxygen atoms in total. The summed E-state index contributed by atoms with van der Waals surface area (Å²) in [4.78, 5) is 58.3. The van der Waals surface area contributed by atoms with Crippen LogP contribution in [0.3, 0.4) is 0 Å². The van der Waals surface area contributed by atoms with Gasteiger partial charge in [-0.2, -0.15) is 0 Å². The number of rotatable bonds is 30. The Morgan fingerprint density at radius 2 is 0.601 bits per heavy atom. The van der Waals surface area contributed by atoms with Crippen LogP contribution in [0.1, 0.15) is 139 Å². The van der Waals surface area contributed by atoms with E-state index >= 15 is 0 Å². The molecule has 0 aliphatic carbocycles. The minimum absolute atomic E-state index is 0.0162. The third-order valence-electron chi connectivity index (χ3n) is 27.8.